The number of carbonyl (C=O) groups excluding carboxylic acids is 1. The maximum atomic E-state index is 12.0. The molecule has 4 heteroatoms. The van der Waals surface area contributed by atoms with Gasteiger partial charge in [0.1, 0.15) is 5.75 Å². The lowest BCUT2D eigenvalue weighted by Gasteiger charge is -2.18. The van der Waals surface area contributed by atoms with Crippen LogP contribution in [0.5, 0.6) is 5.75 Å². The van der Waals surface area contributed by atoms with E-state index >= 15 is 0 Å². The van der Waals surface area contributed by atoms with Crippen LogP contribution in [0.1, 0.15) is 25.0 Å². The molecule has 0 bridgehead atoms. The van der Waals surface area contributed by atoms with Gasteiger partial charge in [-0.25, -0.2) is 0 Å². The minimum absolute atomic E-state index is 0.0457. The lowest BCUT2D eigenvalue weighted by molar-refractivity contribution is -0.123. The van der Waals surface area contributed by atoms with Gasteiger partial charge in [0.15, 0.2) is 6.61 Å². The van der Waals surface area contributed by atoms with Crippen molar-refractivity contribution < 1.29 is 9.53 Å². The first-order chi connectivity index (χ1) is 12.2. The van der Waals surface area contributed by atoms with Gasteiger partial charge in [-0.1, -0.05) is 62.4 Å². The Hall–Kier alpha value is -2.33. The molecule has 0 heterocycles. The second-order valence-corrected chi connectivity index (χ2v) is 5.94. The average Bonchev–Trinajstić information content (AvgIpc) is 2.65. The first-order valence-electron chi connectivity index (χ1n) is 8.96. The zero-order valence-electron chi connectivity index (χ0n) is 15.2. The number of nitrogens with zero attached hydrogens (tertiary/aromatic N) is 1. The van der Waals surface area contributed by atoms with Crippen LogP contribution in [-0.4, -0.2) is 43.6 Å². The molecule has 25 heavy (non-hydrogen) atoms. The van der Waals surface area contributed by atoms with Crippen molar-refractivity contribution >= 4 is 5.91 Å². The highest BCUT2D eigenvalue weighted by molar-refractivity contribution is 5.77. The van der Waals surface area contributed by atoms with Crippen LogP contribution < -0.4 is 10.1 Å². The predicted molar refractivity (Wildman–Crippen MR) is 102 cm³/mol. The predicted octanol–water partition coefficient (Wildman–Crippen LogP) is 3.11. The normalized spacial score (nSPS) is 10.7. The highest BCUT2D eigenvalue weighted by Gasteiger charge is 2.08. The van der Waals surface area contributed by atoms with Gasteiger partial charge < -0.3 is 15.0 Å². The third kappa shape index (κ3) is 6.59. The maximum Gasteiger partial charge on any atom is 0.257 e. The van der Waals surface area contributed by atoms with Gasteiger partial charge in [-0.05, 0) is 30.3 Å². The molecule has 2 aromatic carbocycles. The van der Waals surface area contributed by atoms with E-state index < -0.39 is 0 Å². The van der Waals surface area contributed by atoms with Crippen LogP contribution in [0.15, 0.2) is 54.6 Å². The summed E-state index contributed by atoms with van der Waals surface area (Å²) in [7, 11) is 0. The number of likely N-dealkylation sites (N-methyl/N-ethyl adjacent to an activating group) is 1. The molecule has 0 spiro atoms. The Morgan fingerprint density at radius 1 is 1.00 bits per heavy atom. The molecule has 0 aliphatic heterocycles. The van der Waals surface area contributed by atoms with Crippen molar-refractivity contribution in [2.24, 2.45) is 0 Å². The Labute approximate surface area is 150 Å². The SMILES string of the molecule is CCN(CC)CCNC(=O)COc1ccccc1Cc1ccccc1. The van der Waals surface area contributed by atoms with Crippen LogP contribution in [0.3, 0.4) is 0 Å². The molecular weight excluding hydrogens is 312 g/mol. The number of hydrogen-bond acceptors (Lipinski definition) is 3. The van der Waals surface area contributed by atoms with E-state index in [0.717, 1.165) is 37.4 Å². The first-order valence-corrected chi connectivity index (χ1v) is 8.96. The van der Waals surface area contributed by atoms with Gasteiger partial charge in [-0.3, -0.25) is 4.79 Å². The van der Waals surface area contributed by atoms with Gasteiger partial charge in [0.05, 0.1) is 0 Å². The molecule has 134 valence electrons. The molecule has 1 amide bonds. The largest absolute Gasteiger partial charge is 0.483 e. The Morgan fingerprint density at radius 3 is 2.40 bits per heavy atom. The number of ether oxygens (including phenoxy) is 1. The quantitative estimate of drug-likeness (QED) is 0.722. The molecule has 0 aromatic heterocycles. The zero-order chi connectivity index (χ0) is 17.9. The van der Waals surface area contributed by atoms with E-state index in [9.17, 15) is 4.79 Å². The molecule has 4 nitrogen and oxygen atoms in total. The molecule has 0 saturated carbocycles. The number of hydrogen-bond donors (Lipinski definition) is 1. The Balaban J connectivity index is 1.83. The van der Waals surface area contributed by atoms with Crippen molar-refractivity contribution in [2.75, 3.05) is 32.8 Å². The van der Waals surface area contributed by atoms with Crippen LogP contribution >= 0.6 is 0 Å². The molecule has 0 radical (unpaired) electrons. The average molecular weight is 340 g/mol. The van der Waals surface area contributed by atoms with Gasteiger partial charge in [0, 0.05) is 19.5 Å². The molecular formula is C21H28N2O2. The molecule has 0 aliphatic carbocycles. The summed E-state index contributed by atoms with van der Waals surface area (Å²) in [6.45, 7) is 7.80. The third-order valence-corrected chi connectivity index (χ3v) is 4.21. The van der Waals surface area contributed by atoms with Gasteiger partial charge >= 0.3 is 0 Å². The fraction of sp³-hybridized carbons (Fsp3) is 0.381. The Kier molecular flexibility index (Phi) is 7.99. The number of carbonyl (C=O) groups is 1. The fourth-order valence-corrected chi connectivity index (χ4v) is 2.69. The first kappa shape index (κ1) is 19.0. The van der Waals surface area contributed by atoms with Crippen molar-refractivity contribution in [3.05, 3.63) is 65.7 Å². The van der Waals surface area contributed by atoms with Gasteiger partial charge in [-0.15, -0.1) is 0 Å². The molecule has 0 atom stereocenters. The molecule has 1 N–H and O–H groups in total. The van der Waals surface area contributed by atoms with Crippen molar-refractivity contribution in [2.45, 2.75) is 20.3 Å². The van der Waals surface area contributed by atoms with Crippen LogP contribution in [0, 0.1) is 0 Å². The second-order valence-electron chi connectivity index (χ2n) is 5.94. The van der Waals surface area contributed by atoms with Crippen LogP contribution in [0.25, 0.3) is 0 Å². The highest BCUT2D eigenvalue weighted by Crippen LogP contribution is 2.21. The summed E-state index contributed by atoms with van der Waals surface area (Å²) < 4.78 is 5.76. The minimum Gasteiger partial charge on any atom is -0.483 e. The second kappa shape index (κ2) is 10.5. The van der Waals surface area contributed by atoms with Crippen LogP contribution in [0.2, 0.25) is 0 Å². The van der Waals surface area contributed by atoms with E-state index in [0.29, 0.717) is 6.54 Å². The van der Waals surface area contributed by atoms with E-state index in [-0.39, 0.29) is 12.5 Å². The number of benzene rings is 2. The Bertz CT molecular complexity index is 639. The van der Waals surface area contributed by atoms with E-state index in [4.69, 9.17) is 4.74 Å². The molecule has 0 aliphatic rings. The fourth-order valence-electron chi connectivity index (χ4n) is 2.69. The summed E-state index contributed by atoms with van der Waals surface area (Å²) >= 11 is 0. The molecule has 2 aromatic rings. The summed E-state index contributed by atoms with van der Waals surface area (Å²) in [6.07, 6.45) is 0.792. The topological polar surface area (TPSA) is 41.6 Å². The van der Waals surface area contributed by atoms with E-state index in [1.165, 1.54) is 5.56 Å². The standard InChI is InChI=1S/C21H28N2O2/c1-3-23(4-2)15-14-22-21(24)17-25-20-13-9-8-12-19(20)16-18-10-6-5-7-11-18/h5-13H,3-4,14-17H2,1-2H3,(H,22,24). The summed E-state index contributed by atoms with van der Waals surface area (Å²) in [6, 6.07) is 18.1. The van der Waals surface area contributed by atoms with Crippen molar-refractivity contribution in [3.63, 3.8) is 0 Å². The maximum absolute atomic E-state index is 12.0. The molecule has 0 fully saturated rings. The van der Waals surface area contributed by atoms with Crippen molar-refractivity contribution in [1.29, 1.82) is 0 Å². The van der Waals surface area contributed by atoms with Crippen LogP contribution in [0.4, 0.5) is 0 Å². The monoisotopic (exact) mass is 340 g/mol. The number of amides is 1. The van der Waals surface area contributed by atoms with E-state index in [1.54, 1.807) is 0 Å². The van der Waals surface area contributed by atoms with Gasteiger partial charge in [-0.2, -0.15) is 0 Å². The molecule has 2 rings (SSSR count). The molecule has 0 unspecified atom stereocenters. The minimum atomic E-state index is -0.0818. The summed E-state index contributed by atoms with van der Waals surface area (Å²) in [4.78, 5) is 14.3. The van der Waals surface area contributed by atoms with E-state index in [2.05, 4.69) is 36.2 Å². The number of para-hydroxylation sites is 1. The number of rotatable bonds is 10. The van der Waals surface area contributed by atoms with Gasteiger partial charge in [0.25, 0.3) is 5.91 Å². The van der Waals surface area contributed by atoms with Crippen molar-refractivity contribution in [1.82, 2.24) is 10.2 Å². The van der Waals surface area contributed by atoms with E-state index in [1.807, 2.05) is 42.5 Å². The smallest absolute Gasteiger partial charge is 0.257 e. The van der Waals surface area contributed by atoms with Crippen molar-refractivity contribution in [3.8, 4) is 5.75 Å². The summed E-state index contributed by atoms with van der Waals surface area (Å²) in [5.41, 5.74) is 2.31. The lowest BCUT2D eigenvalue weighted by atomic mass is 10.0. The van der Waals surface area contributed by atoms with Crippen LogP contribution in [-0.2, 0) is 11.2 Å². The third-order valence-electron chi connectivity index (χ3n) is 4.21. The Morgan fingerprint density at radius 2 is 1.68 bits per heavy atom. The van der Waals surface area contributed by atoms with Gasteiger partial charge in [0.2, 0.25) is 0 Å². The number of nitrogens with one attached hydrogen (secondary N) is 1. The summed E-state index contributed by atoms with van der Waals surface area (Å²) in [5, 5.41) is 2.92. The lowest BCUT2D eigenvalue weighted by Crippen LogP contribution is -2.36. The molecule has 0 saturated heterocycles. The zero-order valence-corrected chi connectivity index (χ0v) is 15.2. The summed E-state index contributed by atoms with van der Waals surface area (Å²) in [5.74, 6) is 0.687. The highest BCUT2D eigenvalue weighted by atomic mass is 16.5.